The molecule has 0 radical (unpaired) electrons. The number of hydrogen-bond donors (Lipinski definition) is 2. The predicted molar refractivity (Wildman–Crippen MR) is 143 cm³/mol. The quantitative estimate of drug-likeness (QED) is 0.293. The van der Waals surface area contributed by atoms with E-state index in [1.54, 1.807) is 18.5 Å². The molecule has 37 heavy (non-hydrogen) atoms. The van der Waals surface area contributed by atoms with Crippen LogP contribution in [0.5, 0.6) is 0 Å². The maximum absolute atomic E-state index is 13.6. The predicted octanol–water partition coefficient (Wildman–Crippen LogP) is 6.69. The zero-order valence-electron chi connectivity index (χ0n) is 20.0. The number of benzene rings is 3. The minimum absolute atomic E-state index is 0.142. The van der Waals surface area contributed by atoms with Crippen LogP contribution in [-0.4, -0.2) is 21.0 Å². The molecule has 3 aromatic heterocycles. The van der Waals surface area contributed by atoms with Gasteiger partial charge in [-0.05, 0) is 46.9 Å². The van der Waals surface area contributed by atoms with Gasteiger partial charge >= 0.3 is 0 Å². The zero-order valence-corrected chi connectivity index (χ0v) is 20.0. The summed E-state index contributed by atoms with van der Waals surface area (Å²) >= 11 is 0. The molecule has 0 saturated heterocycles. The molecular formula is C31H22N4O2. The number of aromatic nitrogens is 3. The Kier molecular flexibility index (Phi) is 4.79. The van der Waals surface area contributed by atoms with Gasteiger partial charge in [0.25, 0.3) is 5.91 Å². The van der Waals surface area contributed by atoms with Crippen LogP contribution in [0.1, 0.15) is 33.3 Å². The number of pyridine rings is 1. The SMILES string of the molecule is Cc1onc(-c2ccccc2)c1-c1cccc2c1-c1ccccc1C2NC(=O)c1ccnc2[nH]ccc12. The molecule has 1 amide bonds. The summed E-state index contributed by atoms with van der Waals surface area (Å²) in [7, 11) is 0. The average molecular weight is 483 g/mol. The summed E-state index contributed by atoms with van der Waals surface area (Å²) in [5.41, 5.74) is 9.39. The number of amides is 1. The molecule has 178 valence electrons. The molecule has 1 atom stereocenters. The van der Waals surface area contributed by atoms with Gasteiger partial charge in [-0.15, -0.1) is 0 Å². The maximum Gasteiger partial charge on any atom is 0.252 e. The summed E-state index contributed by atoms with van der Waals surface area (Å²) in [6.45, 7) is 1.94. The van der Waals surface area contributed by atoms with Crippen molar-refractivity contribution in [3.8, 4) is 33.5 Å². The molecule has 6 aromatic rings. The third-order valence-electron chi connectivity index (χ3n) is 7.11. The molecular weight excluding hydrogens is 460 g/mol. The van der Waals surface area contributed by atoms with Gasteiger partial charge in [0.05, 0.1) is 17.2 Å². The van der Waals surface area contributed by atoms with Crippen molar-refractivity contribution in [2.75, 3.05) is 0 Å². The molecule has 0 bridgehead atoms. The molecule has 0 aliphatic heterocycles. The molecule has 2 N–H and O–H groups in total. The van der Waals surface area contributed by atoms with E-state index >= 15 is 0 Å². The minimum Gasteiger partial charge on any atom is -0.360 e. The third kappa shape index (κ3) is 3.30. The molecule has 0 saturated carbocycles. The Balaban J connectivity index is 1.38. The number of rotatable bonds is 4. The lowest BCUT2D eigenvalue weighted by Crippen LogP contribution is -2.28. The van der Waals surface area contributed by atoms with E-state index in [9.17, 15) is 4.79 Å². The van der Waals surface area contributed by atoms with Crippen LogP contribution in [0.2, 0.25) is 0 Å². The monoisotopic (exact) mass is 482 g/mol. The van der Waals surface area contributed by atoms with E-state index in [-0.39, 0.29) is 11.9 Å². The van der Waals surface area contributed by atoms with Gasteiger partial charge in [-0.25, -0.2) is 4.98 Å². The van der Waals surface area contributed by atoms with Crippen molar-refractivity contribution in [1.29, 1.82) is 0 Å². The Morgan fingerprint density at radius 1 is 0.865 bits per heavy atom. The lowest BCUT2D eigenvalue weighted by atomic mass is 9.91. The van der Waals surface area contributed by atoms with Crippen molar-refractivity contribution >= 4 is 16.9 Å². The van der Waals surface area contributed by atoms with Gasteiger partial charge in [0.15, 0.2) is 0 Å². The summed E-state index contributed by atoms with van der Waals surface area (Å²) in [6, 6.07) is 27.9. The van der Waals surface area contributed by atoms with Crippen molar-refractivity contribution < 1.29 is 9.32 Å². The Hall–Kier alpha value is -4.97. The van der Waals surface area contributed by atoms with E-state index < -0.39 is 0 Å². The highest BCUT2D eigenvalue weighted by atomic mass is 16.5. The maximum atomic E-state index is 13.6. The number of carbonyl (C=O) groups excluding carboxylic acids is 1. The molecule has 1 aliphatic rings. The van der Waals surface area contributed by atoms with Crippen molar-refractivity contribution in [2.45, 2.75) is 13.0 Å². The van der Waals surface area contributed by atoms with E-state index in [2.05, 4.69) is 44.7 Å². The van der Waals surface area contributed by atoms with Crippen LogP contribution < -0.4 is 5.32 Å². The number of nitrogens with zero attached hydrogens (tertiary/aromatic N) is 2. The third-order valence-corrected chi connectivity index (χ3v) is 7.11. The average Bonchev–Trinajstić information content (AvgIpc) is 3.65. The smallest absolute Gasteiger partial charge is 0.252 e. The standard InChI is InChI=1S/C31H22N4O2/c1-18-26(28(35-37-18)19-8-3-2-4-9-19)24-12-7-13-25-27(24)20-10-5-6-11-21(20)29(25)34-31(36)23-15-17-33-30-22(23)14-16-32-30/h2-17,29H,1H3,(H,32,33)(H,34,36). The lowest BCUT2D eigenvalue weighted by Gasteiger charge is -2.17. The van der Waals surface area contributed by atoms with Gasteiger partial charge in [-0.2, -0.15) is 0 Å². The number of aromatic amines is 1. The fraction of sp³-hybridized carbons (Fsp3) is 0.0645. The highest BCUT2D eigenvalue weighted by molar-refractivity contribution is 6.06. The number of hydrogen-bond acceptors (Lipinski definition) is 4. The van der Waals surface area contributed by atoms with E-state index in [4.69, 9.17) is 4.52 Å². The molecule has 0 spiro atoms. The molecule has 1 unspecified atom stereocenters. The fourth-order valence-electron chi connectivity index (χ4n) is 5.47. The van der Waals surface area contributed by atoms with Crippen LogP contribution in [0, 0.1) is 6.92 Å². The second-order valence-corrected chi connectivity index (χ2v) is 9.19. The van der Waals surface area contributed by atoms with Gasteiger partial charge in [0.2, 0.25) is 0 Å². The number of aryl methyl sites for hydroxylation is 1. The highest BCUT2D eigenvalue weighted by Crippen LogP contribution is 2.50. The number of nitrogens with one attached hydrogen (secondary N) is 2. The summed E-state index contributed by atoms with van der Waals surface area (Å²) in [5.74, 6) is 0.611. The fourth-order valence-corrected chi connectivity index (χ4v) is 5.47. The molecule has 3 heterocycles. The van der Waals surface area contributed by atoms with Crippen molar-refractivity contribution in [3.63, 3.8) is 0 Å². The number of H-pyrrole nitrogens is 1. The topological polar surface area (TPSA) is 83.8 Å². The Bertz CT molecular complexity index is 1800. The van der Waals surface area contributed by atoms with Crippen LogP contribution in [-0.2, 0) is 0 Å². The zero-order chi connectivity index (χ0) is 24.9. The second kappa shape index (κ2) is 8.31. The highest BCUT2D eigenvalue weighted by Gasteiger charge is 2.33. The molecule has 6 nitrogen and oxygen atoms in total. The molecule has 7 rings (SSSR count). The Morgan fingerprint density at radius 3 is 2.54 bits per heavy atom. The van der Waals surface area contributed by atoms with Crippen LogP contribution in [0.15, 0.2) is 102 Å². The van der Waals surface area contributed by atoms with Crippen molar-refractivity contribution in [1.82, 2.24) is 20.4 Å². The molecule has 0 fully saturated rings. The first-order valence-corrected chi connectivity index (χ1v) is 12.2. The van der Waals surface area contributed by atoms with E-state index in [0.29, 0.717) is 11.2 Å². The summed E-state index contributed by atoms with van der Waals surface area (Å²) in [5, 5.41) is 8.52. The molecule has 1 aliphatic carbocycles. The Morgan fingerprint density at radius 2 is 1.65 bits per heavy atom. The van der Waals surface area contributed by atoms with Gasteiger partial charge in [-0.3, -0.25) is 4.79 Å². The van der Waals surface area contributed by atoms with Gasteiger partial charge in [0.1, 0.15) is 17.1 Å². The van der Waals surface area contributed by atoms with Gasteiger partial charge in [-0.1, -0.05) is 78.0 Å². The normalized spacial score (nSPS) is 13.9. The first-order valence-electron chi connectivity index (χ1n) is 12.2. The second-order valence-electron chi connectivity index (χ2n) is 9.19. The summed E-state index contributed by atoms with van der Waals surface area (Å²) < 4.78 is 5.71. The van der Waals surface area contributed by atoms with E-state index in [0.717, 1.165) is 55.8 Å². The first-order chi connectivity index (χ1) is 18.2. The summed E-state index contributed by atoms with van der Waals surface area (Å²) in [6.07, 6.45) is 3.45. The first kappa shape index (κ1) is 21.3. The largest absolute Gasteiger partial charge is 0.360 e. The van der Waals surface area contributed by atoms with Crippen LogP contribution in [0.3, 0.4) is 0 Å². The van der Waals surface area contributed by atoms with E-state index in [1.807, 2.05) is 61.5 Å². The van der Waals surface area contributed by atoms with Crippen molar-refractivity contribution in [2.24, 2.45) is 0 Å². The van der Waals surface area contributed by atoms with Crippen molar-refractivity contribution in [3.05, 3.63) is 120 Å². The number of carbonyl (C=O) groups is 1. The number of fused-ring (bicyclic) bond motifs is 4. The van der Waals surface area contributed by atoms with Gasteiger partial charge < -0.3 is 14.8 Å². The Labute approximate surface area is 213 Å². The molecule has 3 aromatic carbocycles. The lowest BCUT2D eigenvalue weighted by molar-refractivity contribution is 0.0945. The van der Waals surface area contributed by atoms with Crippen LogP contribution >= 0.6 is 0 Å². The minimum atomic E-state index is -0.291. The van der Waals surface area contributed by atoms with Crippen LogP contribution in [0.4, 0.5) is 0 Å². The van der Waals surface area contributed by atoms with E-state index in [1.165, 1.54) is 0 Å². The van der Waals surface area contributed by atoms with Crippen LogP contribution in [0.25, 0.3) is 44.5 Å². The molecule has 6 heteroatoms. The summed E-state index contributed by atoms with van der Waals surface area (Å²) in [4.78, 5) is 21.0. The van der Waals surface area contributed by atoms with Gasteiger partial charge in [0, 0.05) is 23.3 Å².